The van der Waals surface area contributed by atoms with Crippen molar-refractivity contribution in [3.05, 3.63) is 40.8 Å². The molecule has 4 rings (SSSR count). The van der Waals surface area contributed by atoms with Crippen LogP contribution in [0, 0.1) is 6.92 Å². The van der Waals surface area contributed by atoms with Crippen molar-refractivity contribution in [1.29, 1.82) is 0 Å². The number of pyridine rings is 1. The number of carbonyl (C=O) groups is 1. The number of hydrogen-bond donors (Lipinski definition) is 1. The van der Waals surface area contributed by atoms with Gasteiger partial charge < -0.3 is 9.72 Å². The Bertz CT molecular complexity index is 846. The summed E-state index contributed by atoms with van der Waals surface area (Å²) in [5.74, 6) is 0.834. The van der Waals surface area contributed by atoms with Gasteiger partial charge in [-0.05, 0) is 49.7 Å². The maximum Gasteiger partial charge on any atom is 0.264 e. The van der Waals surface area contributed by atoms with Crippen molar-refractivity contribution in [1.82, 2.24) is 14.7 Å². The van der Waals surface area contributed by atoms with E-state index in [-0.39, 0.29) is 5.91 Å². The summed E-state index contributed by atoms with van der Waals surface area (Å²) in [7, 11) is 0. The summed E-state index contributed by atoms with van der Waals surface area (Å²) in [5, 5.41) is 3.63. The van der Waals surface area contributed by atoms with Gasteiger partial charge in [-0.2, -0.15) is 0 Å². The number of aromatic nitrogens is 2. The van der Waals surface area contributed by atoms with E-state index >= 15 is 0 Å². The van der Waals surface area contributed by atoms with Crippen LogP contribution >= 0.6 is 11.8 Å². The van der Waals surface area contributed by atoms with Crippen LogP contribution in [0.3, 0.4) is 0 Å². The molecule has 0 spiro atoms. The molecule has 0 aromatic carbocycles. The van der Waals surface area contributed by atoms with Crippen LogP contribution in [0.4, 0.5) is 0 Å². The number of aryl methyl sites for hydroxylation is 1. The first kappa shape index (κ1) is 15.4. The Balaban J connectivity index is 1.60. The number of nitrogens with zero attached hydrogens (tertiary/aromatic N) is 3. The van der Waals surface area contributed by atoms with E-state index in [1.165, 1.54) is 31.0 Å². The minimum Gasteiger partial charge on any atom is -0.303 e. The lowest BCUT2D eigenvalue weighted by Gasteiger charge is -2.17. The van der Waals surface area contributed by atoms with Gasteiger partial charge in [0, 0.05) is 6.20 Å². The summed E-state index contributed by atoms with van der Waals surface area (Å²) in [6, 6.07) is 6.33. The highest BCUT2D eigenvalue weighted by atomic mass is 32.2. The molecule has 0 bridgehead atoms. The predicted molar refractivity (Wildman–Crippen MR) is 97.9 cm³/mol. The van der Waals surface area contributed by atoms with Crippen LogP contribution in [0.2, 0.25) is 0 Å². The van der Waals surface area contributed by atoms with Gasteiger partial charge in [-0.25, -0.2) is 4.98 Å². The lowest BCUT2D eigenvalue weighted by Crippen LogP contribution is -2.22. The Hall–Kier alpha value is -2.08. The zero-order chi connectivity index (χ0) is 16.5. The second-order valence-corrected chi connectivity index (χ2v) is 7.32. The van der Waals surface area contributed by atoms with E-state index in [0.717, 1.165) is 35.0 Å². The van der Waals surface area contributed by atoms with E-state index in [1.807, 2.05) is 41.8 Å². The number of hydrogen-bond acceptors (Lipinski definition) is 4. The van der Waals surface area contributed by atoms with E-state index in [0.29, 0.717) is 10.9 Å². The van der Waals surface area contributed by atoms with Gasteiger partial charge in [0.25, 0.3) is 5.91 Å². The summed E-state index contributed by atoms with van der Waals surface area (Å²) in [6.45, 7) is 1.97. The Morgan fingerprint density at radius 1 is 1.33 bits per heavy atom. The maximum absolute atomic E-state index is 12.3. The summed E-state index contributed by atoms with van der Waals surface area (Å²) < 4.78 is 2.03. The Labute approximate surface area is 145 Å². The second kappa shape index (κ2) is 6.43. The number of fused-ring (bicyclic) bond motifs is 1. The van der Waals surface area contributed by atoms with Gasteiger partial charge in [0.15, 0.2) is 5.17 Å². The minimum absolute atomic E-state index is 0.0794. The molecular weight excluding hydrogens is 320 g/mol. The third-order valence-corrected chi connectivity index (χ3v) is 5.47. The van der Waals surface area contributed by atoms with Gasteiger partial charge >= 0.3 is 0 Å². The van der Waals surface area contributed by atoms with Gasteiger partial charge in [0.2, 0.25) is 0 Å². The number of aliphatic imine (C=N–C) groups is 1. The lowest BCUT2D eigenvalue weighted by molar-refractivity contribution is -0.115. The zero-order valence-corrected chi connectivity index (χ0v) is 14.5. The largest absolute Gasteiger partial charge is 0.303 e. The van der Waals surface area contributed by atoms with Crippen LogP contribution in [-0.4, -0.2) is 26.5 Å². The molecule has 1 amide bonds. The van der Waals surface area contributed by atoms with Crippen LogP contribution in [0.15, 0.2) is 34.3 Å². The summed E-state index contributed by atoms with van der Waals surface area (Å²) in [6.07, 6.45) is 9.89. The molecule has 2 aromatic rings. The van der Waals surface area contributed by atoms with Crippen molar-refractivity contribution in [3.63, 3.8) is 0 Å². The normalized spacial score (nSPS) is 22.6. The molecule has 24 heavy (non-hydrogen) atoms. The van der Waals surface area contributed by atoms with Gasteiger partial charge in [-0.15, -0.1) is 0 Å². The molecular formula is C18H20N4OS. The van der Waals surface area contributed by atoms with Crippen molar-refractivity contribution in [2.24, 2.45) is 4.99 Å². The van der Waals surface area contributed by atoms with E-state index in [1.54, 1.807) is 0 Å². The van der Waals surface area contributed by atoms with Crippen molar-refractivity contribution in [2.45, 2.75) is 45.1 Å². The molecule has 6 heteroatoms. The van der Waals surface area contributed by atoms with E-state index in [9.17, 15) is 4.79 Å². The lowest BCUT2D eigenvalue weighted by atomic mass is 9.96. The zero-order valence-electron chi connectivity index (χ0n) is 13.7. The number of rotatable bonds is 2. The molecule has 1 aliphatic carbocycles. The molecule has 2 fully saturated rings. The number of amides is 1. The highest BCUT2D eigenvalue weighted by molar-refractivity contribution is 8.18. The van der Waals surface area contributed by atoms with Crippen molar-refractivity contribution in [3.8, 4) is 0 Å². The second-order valence-electron chi connectivity index (χ2n) is 6.29. The first-order chi connectivity index (χ1) is 11.7. The molecule has 0 radical (unpaired) electrons. The minimum atomic E-state index is -0.0794. The Morgan fingerprint density at radius 3 is 3.00 bits per heavy atom. The SMILES string of the molecule is Cc1nc(/C=C2\SC(=NC3CCCCC3)NC2=O)c2ccccn12. The Kier molecular flexibility index (Phi) is 4.14. The molecule has 5 nitrogen and oxygen atoms in total. The van der Waals surface area contributed by atoms with E-state index < -0.39 is 0 Å². The number of carbonyl (C=O) groups excluding carboxylic acids is 1. The molecule has 1 N–H and O–H groups in total. The summed E-state index contributed by atoms with van der Waals surface area (Å²) in [5.41, 5.74) is 1.83. The van der Waals surface area contributed by atoms with Crippen LogP contribution in [0.1, 0.15) is 43.6 Å². The van der Waals surface area contributed by atoms with E-state index in [4.69, 9.17) is 4.99 Å². The molecule has 2 aromatic heterocycles. The predicted octanol–water partition coefficient (Wildman–Crippen LogP) is 3.54. The van der Waals surface area contributed by atoms with Crippen molar-refractivity contribution in [2.75, 3.05) is 0 Å². The average molecular weight is 340 g/mol. The monoisotopic (exact) mass is 340 g/mol. The summed E-state index contributed by atoms with van der Waals surface area (Å²) >= 11 is 1.43. The van der Waals surface area contributed by atoms with E-state index in [2.05, 4.69) is 10.3 Å². The van der Waals surface area contributed by atoms with Crippen LogP contribution in [-0.2, 0) is 4.79 Å². The van der Waals surface area contributed by atoms with Crippen molar-refractivity contribution < 1.29 is 4.79 Å². The molecule has 124 valence electrons. The van der Waals surface area contributed by atoms with Crippen molar-refractivity contribution >= 4 is 34.4 Å². The first-order valence-electron chi connectivity index (χ1n) is 8.43. The fourth-order valence-corrected chi connectivity index (χ4v) is 4.18. The molecule has 1 saturated carbocycles. The van der Waals surface area contributed by atoms with Crippen LogP contribution in [0.25, 0.3) is 11.6 Å². The van der Waals surface area contributed by atoms with Gasteiger partial charge in [-0.3, -0.25) is 9.79 Å². The third-order valence-electron chi connectivity index (χ3n) is 4.55. The first-order valence-corrected chi connectivity index (χ1v) is 9.25. The Morgan fingerprint density at radius 2 is 2.17 bits per heavy atom. The molecule has 2 aliphatic rings. The number of imidazole rings is 1. The fourth-order valence-electron chi connectivity index (χ4n) is 3.31. The van der Waals surface area contributed by atoms with Gasteiger partial charge in [0.05, 0.1) is 22.2 Å². The highest BCUT2D eigenvalue weighted by Gasteiger charge is 2.26. The molecule has 0 atom stereocenters. The molecule has 1 aliphatic heterocycles. The molecule has 0 unspecified atom stereocenters. The third kappa shape index (κ3) is 2.98. The van der Waals surface area contributed by atoms with Crippen LogP contribution in [0.5, 0.6) is 0 Å². The number of amidine groups is 1. The van der Waals surface area contributed by atoms with Gasteiger partial charge in [0.1, 0.15) is 5.82 Å². The maximum atomic E-state index is 12.3. The smallest absolute Gasteiger partial charge is 0.264 e. The highest BCUT2D eigenvalue weighted by Crippen LogP contribution is 2.29. The molecule has 1 saturated heterocycles. The average Bonchev–Trinajstić information content (AvgIpc) is 3.10. The fraction of sp³-hybridized carbons (Fsp3) is 0.389. The number of thioether (sulfide) groups is 1. The standard InChI is InChI=1S/C18H20N4OS/c1-12-19-14(15-9-5-6-10-22(12)15)11-16-17(23)21-18(24-16)20-13-7-3-2-4-8-13/h5-6,9-11,13H,2-4,7-8H2,1H3,(H,20,21,23)/b16-11-. The topological polar surface area (TPSA) is 58.8 Å². The van der Waals surface area contributed by atoms with Gasteiger partial charge in [-0.1, -0.05) is 25.3 Å². The quantitative estimate of drug-likeness (QED) is 0.851. The molecule has 3 heterocycles. The summed E-state index contributed by atoms with van der Waals surface area (Å²) in [4.78, 5) is 22.2. The van der Waals surface area contributed by atoms with Crippen LogP contribution < -0.4 is 5.32 Å². The number of nitrogens with one attached hydrogen (secondary N) is 1.